The van der Waals surface area contributed by atoms with Gasteiger partial charge >= 0.3 is 0 Å². The molecule has 2 aromatic carbocycles. The second-order valence-electron chi connectivity index (χ2n) is 6.36. The van der Waals surface area contributed by atoms with E-state index in [-0.39, 0.29) is 23.4 Å². The Kier molecular flexibility index (Phi) is 7.32. The summed E-state index contributed by atoms with van der Waals surface area (Å²) < 4.78 is 7.11. The SMILES string of the molecule is CCCN1C(=O)S/C(=C/c2cc(Br)c(OCc3cccc([N+](=O)[O-])c3)c(Br)c2)C1=O. The zero-order valence-corrected chi connectivity index (χ0v) is 19.8. The van der Waals surface area contributed by atoms with Crippen LogP contribution in [0.3, 0.4) is 0 Å². The molecule has 0 radical (unpaired) electrons. The van der Waals surface area contributed by atoms with Crippen LogP contribution in [0.15, 0.2) is 50.2 Å². The number of thioether (sulfide) groups is 1. The molecule has 0 aromatic heterocycles. The summed E-state index contributed by atoms with van der Waals surface area (Å²) in [6.07, 6.45) is 2.37. The number of carbonyl (C=O) groups is 2. The van der Waals surface area contributed by atoms with E-state index in [1.807, 2.05) is 6.92 Å². The number of halogens is 2. The molecule has 1 fully saturated rings. The van der Waals surface area contributed by atoms with Crippen molar-refractivity contribution >= 4 is 66.5 Å². The third kappa shape index (κ3) is 5.11. The summed E-state index contributed by atoms with van der Waals surface area (Å²) in [4.78, 5) is 36.5. The minimum atomic E-state index is -0.452. The summed E-state index contributed by atoms with van der Waals surface area (Å²) in [6.45, 7) is 2.46. The molecule has 0 spiro atoms. The van der Waals surface area contributed by atoms with E-state index in [2.05, 4.69) is 31.9 Å². The van der Waals surface area contributed by atoms with Gasteiger partial charge in [0.25, 0.3) is 16.8 Å². The lowest BCUT2D eigenvalue weighted by atomic mass is 10.2. The van der Waals surface area contributed by atoms with Crippen molar-refractivity contribution in [3.63, 3.8) is 0 Å². The van der Waals surface area contributed by atoms with Crippen molar-refractivity contribution in [1.82, 2.24) is 4.90 Å². The number of hydrogen-bond acceptors (Lipinski definition) is 6. The summed E-state index contributed by atoms with van der Waals surface area (Å²) in [5.41, 5.74) is 1.39. The van der Waals surface area contributed by atoms with E-state index >= 15 is 0 Å². The zero-order chi connectivity index (χ0) is 21.8. The molecule has 0 saturated carbocycles. The quantitative estimate of drug-likeness (QED) is 0.231. The maximum Gasteiger partial charge on any atom is 0.293 e. The third-order valence-electron chi connectivity index (χ3n) is 4.14. The molecule has 156 valence electrons. The van der Waals surface area contributed by atoms with Crippen LogP contribution in [0.25, 0.3) is 6.08 Å². The van der Waals surface area contributed by atoms with Crippen molar-refractivity contribution in [2.45, 2.75) is 20.0 Å². The van der Waals surface area contributed by atoms with Crippen LogP contribution >= 0.6 is 43.6 Å². The lowest BCUT2D eigenvalue weighted by Crippen LogP contribution is -2.28. The van der Waals surface area contributed by atoms with Gasteiger partial charge in [0.1, 0.15) is 12.4 Å². The Balaban J connectivity index is 1.78. The largest absolute Gasteiger partial charge is 0.487 e. The van der Waals surface area contributed by atoms with Crippen LogP contribution in [-0.4, -0.2) is 27.5 Å². The number of non-ortho nitro benzene ring substituents is 1. The van der Waals surface area contributed by atoms with Crippen molar-refractivity contribution in [2.24, 2.45) is 0 Å². The highest BCUT2D eigenvalue weighted by Crippen LogP contribution is 2.38. The van der Waals surface area contributed by atoms with E-state index in [4.69, 9.17) is 4.74 Å². The van der Waals surface area contributed by atoms with E-state index in [1.165, 1.54) is 17.0 Å². The number of carbonyl (C=O) groups excluding carboxylic acids is 2. The van der Waals surface area contributed by atoms with Gasteiger partial charge < -0.3 is 4.74 Å². The molecule has 2 amide bonds. The number of benzene rings is 2. The van der Waals surface area contributed by atoms with Gasteiger partial charge in [-0.2, -0.15) is 0 Å². The molecule has 0 unspecified atom stereocenters. The number of imide groups is 1. The molecule has 10 heteroatoms. The second-order valence-corrected chi connectivity index (χ2v) is 9.06. The Labute approximate surface area is 193 Å². The normalized spacial score (nSPS) is 15.2. The van der Waals surface area contributed by atoms with Gasteiger partial charge in [-0.1, -0.05) is 19.1 Å². The molecule has 1 aliphatic heterocycles. The number of nitro benzene ring substituents is 1. The van der Waals surface area contributed by atoms with Crippen molar-refractivity contribution in [1.29, 1.82) is 0 Å². The van der Waals surface area contributed by atoms with Gasteiger partial charge in [0.15, 0.2) is 0 Å². The highest BCUT2D eigenvalue weighted by Gasteiger charge is 2.34. The van der Waals surface area contributed by atoms with E-state index in [9.17, 15) is 19.7 Å². The van der Waals surface area contributed by atoms with Crippen molar-refractivity contribution in [2.75, 3.05) is 6.54 Å². The first-order valence-electron chi connectivity index (χ1n) is 8.90. The van der Waals surface area contributed by atoms with Gasteiger partial charge in [0.2, 0.25) is 0 Å². The van der Waals surface area contributed by atoms with Gasteiger partial charge in [0, 0.05) is 18.7 Å². The molecule has 2 aromatic rings. The van der Waals surface area contributed by atoms with Crippen LogP contribution < -0.4 is 4.74 Å². The van der Waals surface area contributed by atoms with E-state index in [0.29, 0.717) is 38.1 Å². The molecule has 0 N–H and O–H groups in total. The molecule has 0 bridgehead atoms. The highest BCUT2D eigenvalue weighted by molar-refractivity contribution is 9.11. The Morgan fingerprint density at radius 1 is 1.20 bits per heavy atom. The molecular formula is C20H16Br2N2O5S. The maximum absolute atomic E-state index is 12.4. The monoisotopic (exact) mass is 554 g/mol. The van der Waals surface area contributed by atoms with Gasteiger partial charge in [-0.25, -0.2) is 0 Å². The molecule has 3 rings (SSSR count). The number of nitro groups is 1. The lowest BCUT2D eigenvalue weighted by Gasteiger charge is -2.12. The first-order chi connectivity index (χ1) is 14.3. The first-order valence-corrected chi connectivity index (χ1v) is 11.3. The maximum atomic E-state index is 12.4. The molecule has 30 heavy (non-hydrogen) atoms. The van der Waals surface area contributed by atoms with Crippen molar-refractivity contribution < 1.29 is 19.2 Å². The number of ether oxygens (including phenoxy) is 1. The molecular weight excluding hydrogens is 540 g/mol. The summed E-state index contributed by atoms with van der Waals surface area (Å²) in [6, 6.07) is 9.79. The number of rotatable bonds is 7. The lowest BCUT2D eigenvalue weighted by molar-refractivity contribution is -0.384. The van der Waals surface area contributed by atoms with Crippen LogP contribution in [0.2, 0.25) is 0 Å². The first kappa shape index (κ1) is 22.5. The van der Waals surface area contributed by atoms with Crippen LogP contribution in [-0.2, 0) is 11.4 Å². The summed E-state index contributed by atoms with van der Waals surface area (Å²) >= 11 is 7.85. The molecule has 7 nitrogen and oxygen atoms in total. The van der Waals surface area contributed by atoms with E-state index in [0.717, 1.165) is 17.3 Å². The van der Waals surface area contributed by atoms with Crippen LogP contribution in [0.5, 0.6) is 5.75 Å². The fourth-order valence-electron chi connectivity index (χ4n) is 2.78. The van der Waals surface area contributed by atoms with Gasteiger partial charge in [0.05, 0.1) is 18.8 Å². The van der Waals surface area contributed by atoms with E-state index in [1.54, 1.807) is 30.3 Å². The van der Waals surface area contributed by atoms with Crippen molar-refractivity contribution in [3.05, 3.63) is 71.5 Å². The zero-order valence-electron chi connectivity index (χ0n) is 15.8. The number of amides is 2. The highest BCUT2D eigenvalue weighted by atomic mass is 79.9. The Bertz CT molecular complexity index is 1030. The topological polar surface area (TPSA) is 89.8 Å². The average Bonchev–Trinajstić information content (AvgIpc) is 2.95. The number of hydrogen-bond donors (Lipinski definition) is 0. The Morgan fingerprint density at radius 2 is 1.90 bits per heavy atom. The predicted octanol–water partition coefficient (Wildman–Crippen LogP) is 6.15. The average molecular weight is 556 g/mol. The van der Waals surface area contributed by atoms with Gasteiger partial charge in [-0.3, -0.25) is 24.6 Å². The third-order valence-corrected chi connectivity index (χ3v) is 6.23. The predicted molar refractivity (Wildman–Crippen MR) is 122 cm³/mol. The van der Waals surface area contributed by atoms with Gasteiger partial charge in [-0.05, 0) is 79.4 Å². The minimum absolute atomic E-state index is 0.00148. The second kappa shape index (κ2) is 9.76. The standard InChI is InChI=1S/C20H16Br2N2O5S/c1-2-6-23-19(25)17(30-20(23)26)10-13-8-15(21)18(16(22)9-13)29-11-12-4-3-5-14(7-12)24(27)28/h3-5,7-10H,2,6,11H2,1H3/b17-10+. The minimum Gasteiger partial charge on any atom is -0.487 e. The van der Waals surface area contributed by atoms with Crippen molar-refractivity contribution in [3.8, 4) is 5.75 Å². The van der Waals surface area contributed by atoms with E-state index < -0.39 is 4.92 Å². The molecule has 1 saturated heterocycles. The number of nitrogens with zero attached hydrogens (tertiary/aromatic N) is 2. The molecule has 1 heterocycles. The Morgan fingerprint density at radius 3 is 2.53 bits per heavy atom. The van der Waals surface area contributed by atoms with Crippen LogP contribution in [0.1, 0.15) is 24.5 Å². The fraction of sp³-hybridized carbons (Fsp3) is 0.200. The summed E-state index contributed by atoms with van der Waals surface area (Å²) in [5, 5.41) is 10.6. The fourth-order valence-corrected chi connectivity index (χ4v) is 5.10. The smallest absolute Gasteiger partial charge is 0.293 e. The Hall–Kier alpha value is -2.17. The molecule has 1 aliphatic rings. The van der Waals surface area contributed by atoms with Crippen LogP contribution in [0, 0.1) is 10.1 Å². The van der Waals surface area contributed by atoms with Gasteiger partial charge in [-0.15, -0.1) is 0 Å². The van der Waals surface area contributed by atoms with Crippen LogP contribution in [0.4, 0.5) is 10.5 Å². The molecule has 0 atom stereocenters. The summed E-state index contributed by atoms with van der Waals surface area (Å²) in [7, 11) is 0. The summed E-state index contributed by atoms with van der Waals surface area (Å²) in [5.74, 6) is 0.239. The molecule has 0 aliphatic carbocycles.